The molecule has 5 nitrogen and oxygen atoms in total. The molecule has 0 aliphatic rings. The van der Waals surface area contributed by atoms with Crippen LogP contribution in [0.25, 0.3) is 0 Å². The van der Waals surface area contributed by atoms with Crippen LogP contribution < -0.4 is 5.73 Å². The Kier molecular flexibility index (Phi) is 4.56. The van der Waals surface area contributed by atoms with Crippen molar-refractivity contribution in [1.82, 2.24) is 4.90 Å². The third kappa shape index (κ3) is 6.42. The quantitative estimate of drug-likeness (QED) is 0.659. The summed E-state index contributed by atoms with van der Waals surface area (Å²) in [5.74, 6) is -1.03. The van der Waals surface area contributed by atoms with Crippen molar-refractivity contribution >= 4 is 11.9 Å². The number of nitrogens with two attached hydrogens (primary N) is 1. The van der Waals surface area contributed by atoms with Gasteiger partial charge in [0.05, 0.1) is 6.42 Å². The Balaban J connectivity index is 3.94. The lowest BCUT2D eigenvalue weighted by atomic mass is 10.0. The highest BCUT2D eigenvalue weighted by Crippen LogP contribution is 2.06. The first-order valence-corrected chi connectivity index (χ1v) is 4.47. The van der Waals surface area contributed by atoms with Crippen LogP contribution in [0.3, 0.4) is 0 Å². The highest BCUT2D eigenvalue weighted by Gasteiger charge is 2.19. The van der Waals surface area contributed by atoms with Crippen LogP contribution >= 0.6 is 0 Å². The Morgan fingerprint density at radius 3 is 2.29 bits per heavy atom. The van der Waals surface area contributed by atoms with Gasteiger partial charge in [-0.05, 0) is 13.8 Å². The molecule has 0 aromatic carbocycles. The third-order valence-electron chi connectivity index (χ3n) is 1.69. The first kappa shape index (κ1) is 12.9. The van der Waals surface area contributed by atoms with E-state index >= 15 is 0 Å². The van der Waals surface area contributed by atoms with E-state index in [4.69, 9.17) is 10.8 Å². The molecule has 0 fully saturated rings. The van der Waals surface area contributed by atoms with Crippen LogP contribution in [0.15, 0.2) is 0 Å². The summed E-state index contributed by atoms with van der Waals surface area (Å²) < 4.78 is 0. The topological polar surface area (TPSA) is 83.6 Å². The number of aliphatic carboxylic acids is 1. The Morgan fingerprint density at radius 2 is 1.93 bits per heavy atom. The van der Waals surface area contributed by atoms with Gasteiger partial charge in [0.1, 0.15) is 0 Å². The third-order valence-corrected chi connectivity index (χ3v) is 1.69. The average molecular weight is 202 g/mol. The van der Waals surface area contributed by atoms with Crippen LogP contribution in [-0.2, 0) is 9.59 Å². The molecule has 0 aliphatic heterocycles. The normalized spacial score (nSPS) is 11.1. The molecule has 0 radical (unpaired) electrons. The summed E-state index contributed by atoms with van der Waals surface area (Å²) in [6.45, 7) is 3.75. The van der Waals surface area contributed by atoms with E-state index in [1.807, 2.05) is 0 Å². The van der Waals surface area contributed by atoms with E-state index < -0.39 is 11.5 Å². The smallest absolute Gasteiger partial charge is 0.305 e. The SMILES string of the molecule is CN(CCC(=O)O)C(=O)CC(C)(C)N. The fourth-order valence-corrected chi connectivity index (χ4v) is 0.913. The molecular formula is C9H18N2O3. The molecule has 0 rings (SSSR count). The molecule has 0 heterocycles. The Morgan fingerprint density at radius 1 is 1.43 bits per heavy atom. The van der Waals surface area contributed by atoms with E-state index in [-0.39, 0.29) is 25.3 Å². The van der Waals surface area contributed by atoms with E-state index in [1.165, 1.54) is 4.90 Å². The van der Waals surface area contributed by atoms with Crippen molar-refractivity contribution in [3.8, 4) is 0 Å². The van der Waals surface area contributed by atoms with Crippen molar-refractivity contribution in [3.05, 3.63) is 0 Å². The number of rotatable bonds is 5. The minimum Gasteiger partial charge on any atom is -0.481 e. The minimum absolute atomic E-state index is 0.0345. The maximum absolute atomic E-state index is 11.4. The van der Waals surface area contributed by atoms with E-state index in [1.54, 1.807) is 20.9 Å². The van der Waals surface area contributed by atoms with Crippen LogP contribution in [0, 0.1) is 0 Å². The number of carbonyl (C=O) groups is 2. The summed E-state index contributed by atoms with van der Waals surface area (Å²) in [6, 6.07) is 0. The molecule has 0 aromatic heterocycles. The van der Waals surface area contributed by atoms with Gasteiger partial charge in [-0.1, -0.05) is 0 Å². The number of hydrogen-bond donors (Lipinski definition) is 2. The number of amides is 1. The van der Waals surface area contributed by atoms with Crippen molar-refractivity contribution in [1.29, 1.82) is 0 Å². The number of carboxylic acids is 1. The largest absolute Gasteiger partial charge is 0.481 e. The molecular weight excluding hydrogens is 184 g/mol. The standard InChI is InChI=1S/C9H18N2O3/c1-9(2,10)6-7(12)11(3)5-4-8(13)14/h4-6,10H2,1-3H3,(H,13,14). The predicted octanol–water partition coefficient (Wildman–Crippen LogP) is 0.0469. The molecule has 0 unspecified atom stereocenters. The Labute approximate surface area is 83.9 Å². The summed E-state index contributed by atoms with van der Waals surface area (Å²) >= 11 is 0. The van der Waals surface area contributed by atoms with Gasteiger partial charge >= 0.3 is 5.97 Å². The van der Waals surface area contributed by atoms with E-state index in [0.717, 1.165) is 0 Å². The molecule has 0 saturated carbocycles. The molecule has 0 atom stereocenters. The molecule has 0 aliphatic carbocycles. The summed E-state index contributed by atoms with van der Waals surface area (Å²) in [5, 5.41) is 8.41. The van der Waals surface area contributed by atoms with Crippen LogP contribution in [0.4, 0.5) is 0 Å². The van der Waals surface area contributed by atoms with Crippen LogP contribution in [0.5, 0.6) is 0 Å². The van der Waals surface area contributed by atoms with Gasteiger partial charge in [-0.15, -0.1) is 0 Å². The number of nitrogens with zero attached hydrogens (tertiary/aromatic N) is 1. The minimum atomic E-state index is -0.906. The zero-order valence-electron chi connectivity index (χ0n) is 8.91. The lowest BCUT2D eigenvalue weighted by Crippen LogP contribution is -2.40. The van der Waals surface area contributed by atoms with E-state index in [2.05, 4.69) is 0 Å². The molecule has 82 valence electrons. The number of carbonyl (C=O) groups excluding carboxylic acids is 1. The van der Waals surface area contributed by atoms with Crippen LogP contribution in [-0.4, -0.2) is 41.0 Å². The molecule has 5 heteroatoms. The molecule has 1 amide bonds. The molecule has 14 heavy (non-hydrogen) atoms. The fourth-order valence-electron chi connectivity index (χ4n) is 0.913. The maximum Gasteiger partial charge on any atom is 0.305 e. The number of hydrogen-bond acceptors (Lipinski definition) is 3. The number of carboxylic acid groups (broad SMARTS) is 1. The van der Waals surface area contributed by atoms with Crippen LogP contribution in [0.2, 0.25) is 0 Å². The second-order valence-corrected chi connectivity index (χ2v) is 4.12. The second-order valence-electron chi connectivity index (χ2n) is 4.12. The summed E-state index contributed by atoms with van der Waals surface area (Å²) in [7, 11) is 1.58. The summed E-state index contributed by atoms with van der Waals surface area (Å²) in [6.07, 6.45) is 0.191. The molecule has 3 N–H and O–H groups in total. The Hall–Kier alpha value is -1.10. The lowest BCUT2D eigenvalue weighted by molar-refractivity contribution is -0.138. The lowest BCUT2D eigenvalue weighted by Gasteiger charge is -2.22. The van der Waals surface area contributed by atoms with Crippen molar-refractivity contribution < 1.29 is 14.7 Å². The van der Waals surface area contributed by atoms with Gasteiger partial charge in [-0.3, -0.25) is 9.59 Å². The van der Waals surface area contributed by atoms with Crippen molar-refractivity contribution in [2.45, 2.75) is 32.2 Å². The highest BCUT2D eigenvalue weighted by molar-refractivity contribution is 5.77. The van der Waals surface area contributed by atoms with Gasteiger partial charge < -0.3 is 15.7 Å². The predicted molar refractivity (Wildman–Crippen MR) is 52.8 cm³/mol. The summed E-state index contributed by atoms with van der Waals surface area (Å²) in [4.78, 5) is 23.1. The zero-order valence-corrected chi connectivity index (χ0v) is 8.91. The van der Waals surface area contributed by atoms with Crippen molar-refractivity contribution in [2.24, 2.45) is 5.73 Å². The molecule has 0 bridgehead atoms. The van der Waals surface area contributed by atoms with Gasteiger partial charge in [0.2, 0.25) is 5.91 Å². The fraction of sp³-hybridized carbons (Fsp3) is 0.778. The highest BCUT2D eigenvalue weighted by atomic mass is 16.4. The van der Waals surface area contributed by atoms with Gasteiger partial charge in [0.15, 0.2) is 0 Å². The van der Waals surface area contributed by atoms with Gasteiger partial charge in [-0.2, -0.15) is 0 Å². The van der Waals surface area contributed by atoms with E-state index in [9.17, 15) is 9.59 Å². The van der Waals surface area contributed by atoms with E-state index in [0.29, 0.717) is 0 Å². The Bertz CT molecular complexity index is 221. The van der Waals surface area contributed by atoms with Crippen LogP contribution in [0.1, 0.15) is 26.7 Å². The van der Waals surface area contributed by atoms with Gasteiger partial charge in [0.25, 0.3) is 0 Å². The first-order valence-electron chi connectivity index (χ1n) is 4.47. The molecule has 0 aromatic rings. The molecule has 0 saturated heterocycles. The van der Waals surface area contributed by atoms with Crippen molar-refractivity contribution in [3.63, 3.8) is 0 Å². The monoisotopic (exact) mass is 202 g/mol. The summed E-state index contributed by atoms with van der Waals surface area (Å²) in [5.41, 5.74) is 5.12. The maximum atomic E-state index is 11.4. The zero-order chi connectivity index (χ0) is 11.4. The second kappa shape index (κ2) is 4.95. The molecule has 0 spiro atoms. The van der Waals surface area contributed by atoms with Gasteiger partial charge in [0, 0.05) is 25.6 Å². The first-order chi connectivity index (χ1) is 6.22. The average Bonchev–Trinajstić information content (AvgIpc) is 1.96. The van der Waals surface area contributed by atoms with Gasteiger partial charge in [-0.25, -0.2) is 0 Å². The van der Waals surface area contributed by atoms with Crippen molar-refractivity contribution in [2.75, 3.05) is 13.6 Å².